The molecule has 2 aromatic carbocycles. The number of nitrogens with one attached hydrogen (secondary N) is 1. The molecule has 32 heavy (non-hydrogen) atoms. The molecule has 2 aliphatic heterocycles. The number of para-hydroxylation sites is 1. The first kappa shape index (κ1) is 22.1. The maximum atomic E-state index is 13.0. The summed E-state index contributed by atoms with van der Waals surface area (Å²) in [5.41, 5.74) is 3.69. The van der Waals surface area contributed by atoms with E-state index in [0.29, 0.717) is 30.0 Å². The van der Waals surface area contributed by atoms with Crippen LogP contribution in [0.1, 0.15) is 62.0 Å². The number of hydrogen-bond donors (Lipinski definition) is 1. The Morgan fingerprint density at radius 2 is 1.81 bits per heavy atom. The standard InChI is InChI=1S/C26H30N2O4/c1-5-16-8-7-9-17(6-2)24(16)28-15-18(12-23(28)30)25(31)27-19-10-11-22-20(13-19)21(29)14-26(3,4)32-22/h7-11,13,18H,5-6,12,14-15H2,1-4H3,(H,27,31). The number of hydrogen-bond acceptors (Lipinski definition) is 4. The van der Waals surface area contributed by atoms with Gasteiger partial charge in [0, 0.05) is 24.3 Å². The van der Waals surface area contributed by atoms with Crippen molar-refractivity contribution < 1.29 is 19.1 Å². The minimum atomic E-state index is -0.533. The fourth-order valence-corrected chi connectivity index (χ4v) is 4.64. The molecule has 4 rings (SSSR count). The minimum absolute atomic E-state index is 0.00200. The van der Waals surface area contributed by atoms with E-state index in [2.05, 4.69) is 19.2 Å². The van der Waals surface area contributed by atoms with Crippen LogP contribution in [0.15, 0.2) is 36.4 Å². The molecule has 2 amide bonds. The quantitative estimate of drug-likeness (QED) is 0.749. The second-order valence-electron chi connectivity index (χ2n) is 9.20. The van der Waals surface area contributed by atoms with Gasteiger partial charge in [0.05, 0.1) is 17.9 Å². The molecule has 6 heteroatoms. The van der Waals surface area contributed by atoms with E-state index in [1.165, 1.54) is 0 Å². The Bertz CT molecular complexity index is 1070. The first-order chi connectivity index (χ1) is 15.2. The van der Waals surface area contributed by atoms with Crippen LogP contribution in [0.25, 0.3) is 0 Å². The number of ether oxygens (including phenoxy) is 1. The number of fused-ring (bicyclic) bond motifs is 1. The zero-order valence-electron chi connectivity index (χ0n) is 19.2. The SMILES string of the molecule is CCc1cccc(CC)c1N1CC(C(=O)Nc2ccc3c(c2)C(=O)CC(C)(C)O3)CC1=O. The number of Topliss-reactive ketones (excluding diaryl/α,β-unsaturated/α-hetero) is 1. The van der Waals surface area contributed by atoms with E-state index in [1.54, 1.807) is 23.1 Å². The van der Waals surface area contributed by atoms with Crippen LogP contribution in [0.5, 0.6) is 5.75 Å². The molecule has 2 heterocycles. The summed E-state index contributed by atoms with van der Waals surface area (Å²) in [6.45, 7) is 8.27. The largest absolute Gasteiger partial charge is 0.487 e. The lowest BCUT2D eigenvalue weighted by atomic mass is 9.93. The fraction of sp³-hybridized carbons (Fsp3) is 0.423. The van der Waals surface area contributed by atoms with Gasteiger partial charge in [0.15, 0.2) is 5.78 Å². The number of nitrogens with zero attached hydrogens (tertiary/aromatic N) is 1. The summed E-state index contributed by atoms with van der Waals surface area (Å²) in [6, 6.07) is 11.2. The highest BCUT2D eigenvalue weighted by Gasteiger charge is 2.37. The lowest BCUT2D eigenvalue weighted by Crippen LogP contribution is -2.36. The van der Waals surface area contributed by atoms with E-state index in [4.69, 9.17) is 4.74 Å². The molecule has 1 saturated heterocycles. The molecule has 1 unspecified atom stereocenters. The van der Waals surface area contributed by atoms with E-state index < -0.39 is 11.5 Å². The van der Waals surface area contributed by atoms with Crippen LogP contribution < -0.4 is 15.0 Å². The van der Waals surface area contributed by atoms with Crippen molar-refractivity contribution in [3.8, 4) is 5.75 Å². The van der Waals surface area contributed by atoms with Gasteiger partial charge in [-0.2, -0.15) is 0 Å². The molecule has 0 spiro atoms. The van der Waals surface area contributed by atoms with Gasteiger partial charge in [-0.1, -0.05) is 32.0 Å². The molecule has 1 atom stereocenters. The van der Waals surface area contributed by atoms with Gasteiger partial charge in [0.25, 0.3) is 0 Å². The van der Waals surface area contributed by atoms with Crippen LogP contribution >= 0.6 is 0 Å². The smallest absolute Gasteiger partial charge is 0.229 e. The summed E-state index contributed by atoms with van der Waals surface area (Å²) in [5.74, 6) is -0.152. The third-order valence-corrected chi connectivity index (χ3v) is 6.25. The molecule has 1 fully saturated rings. The first-order valence-corrected chi connectivity index (χ1v) is 11.3. The van der Waals surface area contributed by atoms with Crippen molar-refractivity contribution in [1.82, 2.24) is 0 Å². The minimum Gasteiger partial charge on any atom is -0.487 e. The number of aryl methyl sites for hydroxylation is 2. The van der Waals surface area contributed by atoms with Crippen molar-refractivity contribution in [3.05, 3.63) is 53.1 Å². The Labute approximate surface area is 188 Å². The van der Waals surface area contributed by atoms with E-state index in [-0.39, 0.29) is 24.0 Å². The van der Waals surface area contributed by atoms with Crippen molar-refractivity contribution in [3.63, 3.8) is 0 Å². The van der Waals surface area contributed by atoms with Crippen molar-refractivity contribution >= 4 is 29.0 Å². The normalized spacial score (nSPS) is 19.5. The van der Waals surface area contributed by atoms with Gasteiger partial charge in [-0.25, -0.2) is 0 Å². The average molecular weight is 435 g/mol. The second-order valence-corrected chi connectivity index (χ2v) is 9.20. The van der Waals surface area contributed by atoms with Gasteiger partial charge in [-0.3, -0.25) is 14.4 Å². The van der Waals surface area contributed by atoms with Gasteiger partial charge < -0.3 is 15.0 Å². The van der Waals surface area contributed by atoms with Gasteiger partial charge >= 0.3 is 0 Å². The van der Waals surface area contributed by atoms with Crippen molar-refractivity contribution in [2.45, 2.75) is 59.0 Å². The molecule has 2 aromatic rings. The summed E-state index contributed by atoms with van der Waals surface area (Å²) in [5, 5.41) is 2.90. The van der Waals surface area contributed by atoms with Crippen molar-refractivity contribution in [1.29, 1.82) is 0 Å². The number of anilines is 2. The molecule has 0 radical (unpaired) electrons. The van der Waals surface area contributed by atoms with Crippen LogP contribution in [-0.2, 0) is 22.4 Å². The van der Waals surface area contributed by atoms with Gasteiger partial charge in [-0.15, -0.1) is 0 Å². The lowest BCUT2D eigenvalue weighted by Gasteiger charge is -2.31. The third-order valence-electron chi connectivity index (χ3n) is 6.25. The van der Waals surface area contributed by atoms with Crippen molar-refractivity contribution in [2.75, 3.05) is 16.8 Å². The van der Waals surface area contributed by atoms with Crippen LogP contribution in [0.2, 0.25) is 0 Å². The Kier molecular flexibility index (Phi) is 5.80. The molecule has 0 bridgehead atoms. The molecular weight excluding hydrogens is 404 g/mol. The van der Waals surface area contributed by atoms with Gasteiger partial charge in [0.2, 0.25) is 11.8 Å². The van der Waals surface area contributed by atoms with E-state index in [0.717, 1.165) is 29.7 Å². The van der Waals surface area contributed by atoms with Crippen LogP contribution in [0.3, 0.4) is 0 Å². The number of ketones is 1. The molecule has 1 N–H and O–H groups in total. The highest BCUT2D eigenvalue weighted by molar-refractivity contribution is 6.05. The van der Waals surface area contributed by atoms with Crippen LogP contribution in [0.4, 0.5) is 11.4 Å². The Balaban J connectivity index is 1.51. The molecule has 0 aromatic heterocycles. The number of benzene rings is 2. The monoisotopic (exact) mass is 434 g/mol. The highest BCUT2D eigenvalue weighted by atomic mass is 16.5. The maximum absolute atomic E-state index is 13.0. The number of carbonyl (C=O) groups excluding carboxylic acids is 3. The molecule has 0 aliphatic carbocycles. The second kappa shape index (κ2) is 8.41. The summed E-state index contributed by atoms with van der Waals surface area (Å²) in [4.78, 5) is 40.1. The van der Waals surface area contributed by atoms with Gasteiger partial charge in [-0.05, 0) is 56.0 Å². The first-order valence-electron chi connectivity index (χ1n) is 11.3. The molecule has 0 saturated carbocycles. The van der Waals surface area contributed by atoms with Crippen molar-refractivity contribution in [2.24, 2.45) is 5.92 Å². The Morgan fingerprint density at radius 3 is 2.47 bits per heavy atom. The molecule has 2 aliphatic rings. The number of carbonyl (C=O) groups is 3. The Hall–Kier alpha value is -3.15. The van der Waals surface area contributed by atoms with Crippen LogP contribution in [-0.4, -0.2) is 29.7 Å². The zero-order chi connectivity index (χ0) is 23.0. The zero-order valence-corrected chi connectivity index (χ0v) is 19.2. The van der Waals surface area contributed by atoms with E-state index in [9.17, 15) is 14.4 Å². The fourth-order valence-electron chi connectivity index (χ4n) is 4.64. The average Bonchev–Trinajstić information content (AvgIpc) is 3.14. The van der Waals surface area contributed by atoms with Crippen LogP contribution in [0, 0.1) is 5.92 Å². The Morgan fingerprint density at radius 1 is 1.12 bits per heavy atom. The highest BCUT2D eigenvalue weighted by Crippen LogP contribution is 2.36. The number of rotatable bonds is 5. The molecule has 168 valence electrons. The van der Waals surface area contributed by atoms with E-state index in [1.807, 2.05) is 32.0 Å². The maximum Gasteiger partial charge on any atom is 0.229 e. The topological polar surface area (TPSA) is 75.7 Å². The summed E-state index contributed by atoms with van der Waals surface area (Å²) in [7, 11) is 0. The predicted octanol–water partition coefficient (Wildman–Crippen LogP) is 4.55. The summed E-state index contributed by atoms with van der Waals surface area (Å²) >= 11 is 0. The number of amides is 2. The molecular formula is C26H30N2O4. The van der Waals surface area contributed by atoms with E-state index >= 15 is 0 Å². The summed E-state index contributed by atoms with van der Waals surface area (Å²) in [6.07, 6.45) is 2.12. The summed E-state index contributed by atoms with van der Waals surface area (Å²) < 4.78 is 5.89. The lowest BCUT2D eigenvalue weighted by molar-refractivity contribution is -0.122. The van der Waals surface area contributed by atoms with Gasteiger partial charge in [0.1, 0.15) is 11.4 Å². The third kappa shape index (κ3) is 4.14. The molecule has 6 nitrogen and oxygen atoms in total. The predicted molar refractivity (Wildman–Crippen MR) is 124 cm³/mol.